The summed E-state index contributed by atoms with van der Waals surface area (Å²) in [6.45, 7) is 4.73. The molecule has 0 spiro atoms. The molecule has 5 nitrogen and oxygen atoms in total. The summed E-state index contributed by atoms with van der Waals surface area (Å²) in [5.74, 6) is 2.23. The van der Waals surface area contributed by atoms with Crippen molar-refractivity contribution in [2.45, 2.75) is 39.0 Å². The zero-order valence-electron chi connectivity index (χ0n) is 16.4. The predicted octanol–water partition coefficient (Wildman–Crippen LogP) is 3.40. The van der Waals surface area contributed by atoms with Crippen molar-refractivity contribution < 1.29 is 9.52 Å². The van der Waals surface area contributed by atoms with Crippen LogP contribution in [0.3, 0.4) is 0 Å². The lowest BCUT2D eigenvalue weighted by molar-refractivity contribution is 0.253. The number of nitrogens with zero attached hydrogens (tertiary/aromatic N) is 1. The topological polar surface area (TPSA) is 69.8 Å². The summed E-state index contributed by atoms with van der Waals surface area (Å²) in [6.07, 6.45) is 6.49. The van der Waals surface area contributed by atoms with Crippen LogP contribution in [0.2, 0.25) is 0 Å². The molecule has 5 heteroatoms. The number of rotatable bonds is 12. The van der Waals surface area contributed by atoms with E-state index >= 15 is 0 Å². The quantitative estimate of drug-likeness (QED) is 0.395. The number of aliphatic imine (C=N–C) groups is 1. The molecule has 2 aromatic rings. The van der Waals surface area contributed by atoms with Crippen molar-refractivity contribution in [3.63, 3.8) is 0 Å². The lowest BCUT2D eigenvalue weighted by atomic mass is 10.0. The van der Waals surface area contributed by atoms with Crippen LogP contribution in [0, 0.1) is 5.92 Å². The lowest BCUT2D eigenvalue weighted by Crippen LogP contribution is -2.39. The second-order valence-electron chi connectivity index (χ2n) is 6.77. The Kier molecular flexibility index (Phi) is 10.1. The molecule has 0 fully saturated rings. The minimum Gasteiger partial charge on any atom is -0.469 e. The normalized spacial score (nSPS) is 12.7. The minimum absolute atomic E-state index is 0.225. The second kappa shape index (κ2) is 13.0. The van der Waals surface area contributed by atoms with E-state index in [2.05, 4.69) is 41.8 Å². The van der Waals surface area contributed by atoms with Crippen molar-refractivity contribution in [3.05, 3.63) is 60.1 Å². The van der Waals surface area contributed by atoms with E-state index in [0.717, 1.165) is 63.5 Å². The molecule has 0 aliphatic heterocycles. The zero-order chi connectivity index (χ0) is 19.2. The molecule has 3 N–H and O–H groups in total. The van der Waals surface area contributed by atoms with Gasteiger partial charge >= 0.3 is 0 Å². The molecule has 148 valence electrons. The average molecular weight is 372 g/mol. The third-order valence-corrected chi connectivity index (χ3v) is 4.53. The van der Waals surface area contributed by atoms with Gasteiger partial charge in [0.2, 0.25) is 0 Å². The van der Waals surface area contributed by atoms with Gasteiger partial charge in [-0.3, -0.25) is 4.99 Å². The SMILES string of the molecule is CCCC(CCO)CN=C(NCCc1ccccc1)NCCc1ccco1. The van der Waals surface area contributed by atoms with Gasteiger partial charge < -0.3 is 20.2 Å². The van der Waals surface area contributed by atoms with Crippen molar-refractivity contribution >= 4 is 5.96 Å². The van der Waals surface area contributed by atoms with Crippen molar-refractivity contribution in [2.24, 2.45) is 10.9 Å². The molecule has 1 aromatic carbocycles. The Labute approximate surface area is 162 Å². The summed E-state index contributed by atoms with van der Waals surface area (Å²) in [5, 5.41) is 16.1. The van der Waals surface area contributed by atoms with Crippen LogP contribution in [-0.2, 0) is 12.8 Å². The first-order chi connectivity index (χ1) is 13.3. The van der Waals surface area contributed by atoms with Crippen LogP contribution >= 0.6 is 0 Å². The molecular formula is C22H33N3O2. The Morgan fingerprint density at radius 3 is 2.48 bits per heavy atom. The van der Waals surface area contributed by atoms with Gasteiger partial charge in [0.1, 0.15) is 5.76 Å². The molecule has 1 atom stereocenters. The monoisotopic (exact) mass is 371 g/mol. The predicted molar refractivity (Wildman–Crippen MR) is 111 cm³/mol. The number of hydrogen-bond donors (Lipinski definition) is 3. The molecule has 1 aromatic heterocycles. The van der Waals surface area contributed by atoms with Crippen molar-refractivity contribution in [1.82, 2.24) is 10.6 Å². The Balaban J connectivity index is 1.86. The maximum absolute atomic E-state index is 9.25. The fraction of sp³-hybridized carbons (Fsp3) is 0.500. The molecular weight excluding hydrogens is 338 g/mol. The summed E-state index contributed by atoms with van der Waals surface area (Å²) < 4.78 is 5.39. The molecule has 0 radical (unpaired) electrons. The Hall–Kier alpha value is -2.27. The van der Waals surface area contributed by atoms with E-state index in [1.165, 1.54) is 5.56 Å². The van der Waals surface area contributed by atoms with Crippen LogP contribution in [0.15, 0.2) is 58.1 Å². The number of aliphatic hydroxyl groups excluding tert-OH is 1. The third kappa shape index (κ3) is 8.78. The van der Waals surface area contributed by atoms with E-state index in [1.54, 1.807) is 6.26 Å². The molecule has 27 heavy (non-hydrogen) atoms. The minimum atomic E-state index is 0.225. The van der Waals surface area contributed by atoms with Gasteiger partial charge in [-0.1, -0.05) is 43.7 Å². The maximum atomic E-state index is 9.25. The first kappa shape index (κ1) is 21.0. The third-order valence-electron chi connectivity index (χ3n) is 4.53. The van der Waals surface area contributed by atoms with E-state index < -0.39 is 0 Å². The molecule has 1 heterocycles. The van der Waals surface area contributed by atoms with E-state index in [9.17, 15) is 5.11 Å². The van der Waals surface area contributed by atoms with Crippen molar-refractivity contribution in [1.29, 1.82) is 0 Å². The molecule has 1 unspecified atom stereocenters. The van der Waals surface area contributed by atoms with Gasteiger partial charge in [0.25, 0.3) is 0 Å². The highest BCUT2D eigenvalue weighted by molar-refractivity contribution is 5.79. The van der Waals surface area contributed by atoms with Gasteiger partial charge in [0.05, 0.1) is 6.26 Å². The smallest absolute Gasteiger partial charge is 0.191 e. The highest BCUT2D eigenvalue weighted by Gasteiger charge is 2.08. The number of nitrogens with one attached hydrogen (secondary N) is 2. The molecule has 0 aliphatic carbocycles. The molecule has 0 bridgehead atoms. The standard InChI is InChI=1S/C22H33N3O2/c1-2-7-20(13-16-26)18-25-22(24-15-12-21-10-6-17-27-21)23-14-11-19-8-4-3-5-9-19/h3-6,8-10,17,20,26H,2,7,11-16,18H2,1H3,(H2,23,24,25). The van der Waals surface area contributed by atoms with E-state index in [0.29, 0.717) is 5.92 Å². The van der Waals surface area contributed by atoms with Crippen LogP contribution in [0.5, 0.6) is 0 Å². The molecule has 0 saturated carbocycles. The largest absolute Gasteiger partial charge is 0.469 e. The van der Waals surface area contributed by atoms with Gasteiger partial charge in [0.15, 0.2) is 5.96 Å². The molecule has 0 saturated heterocycles. The zero-order valence-corrected chi connectivity index (χ0v) is 16.4. The molecule has 0 amide bonds. The Bertz CT molecular complexity index is 620. The first-order valence-corrected chi connectivity index (χ1v) is 10.0. The number of aliphatic hydroxyl groups is 1. The van der Waals surface area contributed by atoms with Crippen LogP contribution < -0.4 is 10.6 Å². The summed E-state index contributed by atoms with van der Waals surface area (Å²) >= 11 is 0. The molecule has 2 rings (SSSR count). The van der Waals surface area contributed by atoms with Crippen LogP contribution in [0.1, 0.15) is 37.5 Å². The van der Waals surface area contributed by atoms with Crippen LogP contribution in [0.4, 0.5) is 0 Å². The van der Waals surface area contributed by atoms with Gasteiger partial charge in [-0.15, -0.1) is 0 Å². The van der Waals surface area contributed by atoms with Crippen molar-refractivity contribution in [3.8, 4) is 0 Å². The fourth-order valence-electron chi connectivity index (χ4n) is 3.04. The van der Waals surface area contributed by atoms with E-state index in [4.69, 9.17) is 9.41 Å². The average Bonchev–Trinajstić information content (AvgIpc) is 3.20. The van der Waals surface area contributed by atoms with Crippen molar-refractivity contribution in [2.75, 3.05) is 26.2 Å². The Morgan fingerprint density at radius 2 is 1.81 bits per heavy atom. The molecule has 0 aliphatic rings. The number of guanidine groups is 1. The summed E-state index contributed by atoms with van der Waals surface area (Å²) in [4.78, 5) is 4.76. The second-order valence-corrected chi connectivity index (χ2v) is 6.77. The van der Waals surface area contributed by atoms with E-state index in [-0.39, 0.29) is 6.61 Å². The summed E-state index contributed by atoms with van der Waals surface area (Å²) in [5.41, 5.74) is 1.31. The van der Waals surface area contributed by atoms with Crippen LogP contribution in [-0.4, -0.2) is 37.3 Å². The number of hydrogen-bond acceptors (Lipinski definition) is 3. The number of furan rings is 1. The fourth-order valence-corrected chi connectivity index (χ4v) is 3.04. The number of benzene rings is 1. The Morgan fingerprint density at radius 1 is 1.04 bits per heavy atom. The highest BCUT2D eigenvalue weighted by Crippen LogP contribution is 2.11. The lowest BCUT2D eigenvalue weighted by Gasteiger charge is -2.16. The van der Waals surface area contributed by atoms with Gasteiger partial charge in [-0.25, -0.2) is 0 Å². The maximum Gasteiger partial charge on any atom is 0.191 e. The van der Waals surface area contributed by atoms with Crippen LogP contribution in [0.25, 0.3) is 0 Å². The summed E-state index contributed by atoms with van der Waals surface area (Å²) in [7, 11) is 0. The van der Waals surface area contributed by atoms with E-state index in [1.807, 2.05) is 18.2 Å². The van der Waals surface area contributed by atoms with Gasteiger partial charge in [-0.05, 0) is 42.9 Å². The van der Waals surface area contributed by atoms with Gasteiger partial charge in [0, 0.05) is 32.7 Å². The summed E-state index contributed by atoms with van der Waals surface area (Å²) in [6, 6.07) is 14.3. The highest BCUT2D eigenvalue weighted by atomic mass is 16.3. The van der Waals surface area contributed by atoms with Gasteiger partial charge in [-0.2, -0.15) is 0 Å². The first-order valence-electron chi connectivity index (χ1n) is 10.0.